The van der Waals surface area contributed by atoms with Gasteiger partial charge in [0, 0.05) is 30.8 Å². The van der Waals surface area contributed by atoms with Gasteiger partial charge in [-0.3, -0.25) is 0 Å². The van der Waals surface area contributed by atoms with Crippen LogP contribution in [0.25, 0.3) is 0 Å². The topological polar surface area (TPSA) is 48.3 Å². The number of benzene rings is 1. The van der Waals surface area contributed by atoms with Gasteiger partial charge in [0.15, 0.2) is 0 Å². The second kappa shape index (κ2) is 6.82. The maximum Gasteiger partial charge on any atom is 0.121 e. The van der Waals surface area contributed by atoms with Crippen molar-refractivity contribution in [1.82, 2.24) is 4.90 Å². The summed E-state index contributed by atoms with van der Waals surface area (Å²) in [4.78, 5) is 2.56. The van der Waals surface area contributed by atoms with Crippen LogP contribution in [0.15, 0.2) is 24.3 Å². The summed E-state index contributed by atoms with van der Waals surface area (Å²) in [6.45, 7) is 4.31. The molecule has 4 rings (SSSR count). The zero-order valence-electron chi connectivity index (χ0n) is 12.4. The molecule has 112 valence electrons. The number of nitrogens with zero attached hydrogens (tertiary/aromatic N) is 2. The Kier molecular flexibility index (Phi) is 4.62. The lowest BCUT2D eigenvalue weighted by atomic mass is 9.84. The molecule has 1 unspecified atom stereocenters. The Hall–Kier alpha value is -1.73. The average Bonchev–Trinajstić information content (AvgIpc) is 2.53. The predicted octanol–water partition coefficient (Wildman–Crippen LogP) is 2.88. The molecule has 0 radical (unpaired) electrons. The van der Waals surface area contributed by atoms with E-state index in [-0.39, 0.29) is 0 Å². The molecule has 3 fully saturated rings. The molecule has 0 aliphatic carbocycles. The summed E-state index contributed by atoms with van der Waals surface area (Å²) < 4.78 is 5.70. The zero-order chi connectivity index (χ0) is 14.5. The molecule has 0 amide bonds. The minimum atomic E-state index is 0.553. The maximum atomic E-state index is 8.52. The molecule has 0 saturated carbocycles. The Balaban J connectivity index is 1.55. The molecular weight excluding hydrogens is 262 g/mol. The molecule has 4 nitrogen and oxygen atoms in total. The van der Waals surface area contributed by atoms with Gasteiger partial charge in [-0.15, -0.1) is 0 Å². The third kappa shape index (κ3) is 3.68. The first-order valence-electron chi connectivity index (χ1n) is 7.94. The number of ether oxygens (including phenoxy) is 1. The van der Waals surface area contributed by atoms with Crippen molar-refractivity contribution < 1.29 is 4.74 Å². The number of unbranched alkanes of at least 4 members (excludes halogenated alkanes) is 1. The Morgan fingerprint density at radius 3 is 2.90 bits per heavy atom. The molecule has 0 spiro atoms. The van der Waals surface area contributed by atoms with Gasteiger partial charge in [-0.1, -0.05) is 6.07 Å². The first-order chi connectivity index (χ1) is 10.3. The first-order valence-corrected chi connectivity index (χ1v) is 7.94. The van der Waals surface area contributed by atoms with Crippen LogP contribution in [0.5, 0.6) is 5.75 Å². The second-order valence-corrected chi connectivity index (χ2v) is 6.03. The minimum absolute atomic E-state index is 0.553. The van der Waals surface area contributed by atoms with E-state index >= 15 is 0 Å². The van der Waals surface area contributed by atoms with Crippen molar-refractivity contribution in [2.75, 3.05) is 31.6 Å². The summed E-state index contributed by atoms with van der Waals surface area (Å²) in [5, 5.41) is 12.2. The van der Waals surface area contributed by atoms with E-state index in [1.54, 1.807) is 0 Å². The van der Waals surface area contributed by atoms with E-state index in [0.717, 1.165) is 30.3 Å². The van der Waals surface area contributed by atoms with Crippen LogP contribution in [0.1, 0.15) is 25.7 Å². The van der Waals surface area contributed by atoms with Crippen molar-refractivity contribution in [3.8, 4) is 11.8 Å². The second-order valence-electron chi connectivity index (χ2n) is 6.03. The predicted molar refractivity (Wildman–Crippen MR) is 83.4 cm³/mol. The van der Waals surface area contributed by atoms with Gasteiger partial charge in [-0.2, -0.15) is 5.26 Å². The number of piperidine rings is 3. The quantitative estimate of drug-likeness (QED) is 0.817. The third-order valence-corrected chi connectivity index (χ3v) is 4.54. The highest BCUT2D eigenvalue weighted by atomic mass is 16.5. The maximum absolute atomic E-state index is 8.52. The minimum Gasteiger partial charge on any atom is -0.493 e. The monoisotopic (exact) mass is 285 g/mol. The van der Waals surface area contributed by atoms with Gasteiger partial charge in [-0.25, -0.2) is 0 Å². The number of fused-ring (bicyclic) bond motifs is 3. The molecule has 3 heterocycles. The van der Waals surface area contributed by atoms with Crippen molar-refractivity contribution in [1.29, 1.82) is 5.26 Å². The molecule has 1 aromatic carbocycles. The fourth-order valence-corrected chi connectivity index (χ4v) is 3.36. The number of nitriles is 1. The van der Waals surface area contributed by atoms with E-state index in [1.807, 2.05) is 12.1 Å². The van der Waals surface area contributed by atoms with Gasteiger partial charge in [0.05, 0.1) is 12.7 Å². The summed E-state index contributed by atoms with van der Waals surface area (Å²) in [5.41, 5.74) is 1.14. The molecule has 21 heavy (non-hydrogen) atoms. The largest absolute Gasteiger partial charge is 0.493 e. The van der Waals surface area contributed by atoms with E-state index in [1.165, 1.54) is 25.9 Å². The number of nitrogens with one attached hydrogen (secondary N) is 1. The van der Waals surface area contributed by atoms with Gasteiger partial charge in [0.25, 0.3) is 0 Å². The highest BCUT2D eigenvalue weighted by Gasteiger charge is 2.33. The Morgan fingerprint density at radius 1 is 1.33 bits per heavy atom. The molecule has 1 N–H and O–H groups in total. The Bertz CT molecular complexity index is 503. The normalized spacial score (nSPS) is 27.1. The summed E-state index contributed by atoms with van der Waals surface area (Å²) >= 11 is 0. The third-order valence-electron chi connectivity index (χ3n) is 4.54. The van der Waals surface area contributed by atoms with Crippen LogP contribution < -0.4 is 10.1 Å². The van der Waals surface area contributed by atoms with Gasteiger partial charge >= 0.3 is 0 Å². The summed E-state index contributed by atoms with van der Waals surface area (Å²) in [6.07, 6.45) is 3.98. The zero-order valence-corrected chi connectivity index (χ0v) is 12.4. The smallest absolute Gasteiger partial charge is 0.121 e. The standard InChI is InChI=1S/C17H23N3O/c18-8-1-2-11-21-16-5-3-4-15(12-16)19-17-13-20-9-6-14(17)7-10-20/h3-5,12,14,17,19H,1-2,6-7,9-11,13H2. The Morgan fingerprint density at radius 2 is 2.19 bits per heavy atom. The number of rotatable bonds is 6. The van der Waals surface area contributed by atoms with Crippen molar-refractivity contribution in [2.45, 2.75) is 31.7 Å². The molecule has 0 aromatic heterocycles. The van der Waals surface area contributed by atoms with Crippen LogP contribution in [-0.2, 0) is 0 Å². The number of hydrogen-bond donors (Lipinski definition) is 1. The molecular formula is C17H23N3O. The SMILES string of the molecule is N#CCCCOc1cccc(NC2CN3CCC2CC3)c1. The first kappa shape index (κ1) is 14.2. The Labute approximate surface area is 126 Å². The van der Waals surface area contributed by atoms with Crippen LogP contribution in [0.3, 0.4) is 0 Å². The van der Waals surface area contributed by atoms with Crippen LogP contribution in [0.2, 0.25) is 0 Å². The molecule has 3 aliphatic rings. The summed E-state index contributed by atoms with van der Waals surface area (Å²) in [5.74, 6) is 1.70. The van der Waals surface area contributed by atoms with Gasteiger partial charge in [-0.05, 0) is 50.4 Å². The average molecular weight is 285 g/mol. The van der Waals surface area contributed by atoms with Crippen LogP contribution >= 0.6 is 0 Å². The highest BCUT2D eigenvalue weighted by molar-refractivity contribution is 5.49. The molecule has 1 aromatic rings. The molecule has 4 heteroatoms. The summed E-state index contributed by atoms with van der Waals surface area (Å²) in [7, 11) is 0. The van der Waals surface area contributed by atoms with Gasteiger partial charge in [0.2, 0.25) is 0 Å². The van der Waals surface area contributed by atoms with E-state index in [2.05, 4.69) is 28.4 Å². The molecule has 3 aliphatic heterocycles. The lowest BCUT2D eigenvalue weighted by molar-refractivity contribution is 0.0975. The van der Waals surface area contributed by atoms with Crippen molar-refractivity contribution in [3.63, 3.8) is 0 Å². The van der Waals surface area contributed by atoms with E-state index in [4.69, 9.17) is 10.00 Å². The van der Waals surface area contributed by atoms with E-state index < -0.39 is 0 Å². The van der Waals surface area contributed by atoms with E-state index in [9.17, 15) is 0 Å². The summed E-state index contributed by atoms with van der Waals surface area (Å²) in [6, 6.07) is 10.9. The number of anilines is 1. The fourth-order valence-electron chi connectivity index (χ4n) is 3.36. The lowest BCUT2D eigenvalue weighted by Crippen LogP contribution is -2.53. The van der Waals surface area contributed by atoms with Gasteiger partial charge in [0.1, 0.15) is 5.75 Å². The van der Waals surface area contributed by atoms with Crippen molar-refractivity contribution >= 4 is 5.69 Å². The molecule has 1 atom stereocenters. The van der Waals surface area contributed by atoms with Crippen LogP contribution in [0.4, 0.5) is 5.69 Å². The number of hydrogen-bond acceptors (Lipinski definition) is 4. The molecule has 2 bridgehead atoms. The highest BCUT2D eigenvalue weighted by Crippen LogP contribution is 2.30. The van der Waals surface area contributed by atoms with Crippen molar-refractivity contribution in [2.24, 2.45) is 5.92 Å². The van der Waals surface area contributed by atoms with Gasteiger partial charge < -0.3 is 15.0 Å². The van der Waals surface area contributed by atoms with Crippen LogP contribution in [-0.4, -0.2) is 37.2 Å². The molecule has 3 saturated heterocycles. The lowest BCUT2D eigenvalue weighted by Gasteiger charge is -2.45. The fraction of sp³-hybridized carbons (Fsp3) is 0.588. The van der Waals surface area contributed by atoms with Crippen LogP contribution in [0, 0.1) is 17.2 Å². The van der Waals surface area contributed by atoms with E-state index in [0.29, 0.717) is 19.1 Å². The van der Waals surface area contributed by atoms with Crippen molar-refractivity contribution in [3.05, 3.63) is 24.3 Å².